The maximum absolute atomic E-state index is 13.1. The summed E-state index contributed by atoms with van der Waals surface area (Å²) in [6.45, 7) is 0. The number of ether oxygens (including phenoxy) is 1. The molecular formula is C20H13FN2O2. The van der Waals surface area contributed by atoms with E-state index in [-0.39, 0.29) is 11.4 Å². The number of rotatable bonds is 3. The van der Waals surface area contributed by atoms with Crippen LogP contribution in [-0.2, 0) is 0 Å². The van der Waals surface area contributed by atoms with Crippen molar-refractivity contribution in [2.24, 2.45) is 0 Å². The molecule has 5 heteroatoms. The van der Waals surface area contributed by atoms with Crippen molar-refractivity contribution in [1.29, 1.82) is 0 Å². The molecule has 0 aliphatic heterocycles. The fourth-order valence-electron chi connectivity index (χ4n) is 2.59. The van der Waals surface area contributed by atoms with E-state index in [1.54, 1.807) is 36.4 Å². The minimum absolute atomic E-state index is 0.211. The highest BCUT2D eigenvalue weighted by Gasteiger charge is 2.11. The van der Waals surface area contributed by atoms with Crippen LogP contribution in [0.3, 0.4) is 0 Å². The fourth-order valence-corrected chi connectivity index (χ4v) is 2.59. The van der Waals surface area contributed by atoms with Gasteiger partial charge in [-0.3, -0.25) is 4.79 Å². The van der Waals surface area contributed by atoms with Crippen LogP contribution in [0, 0.1) is 5.82 Å². The maximum atomic E-state index is 13.1. The molecule has 1 N–H and O–H groups in total. The molecule has 0 fully saturated rings. The molecule has 0 saturated carbocycles. The van der Waals surface area contributed by atoms with Crippen molar-refractivity contribution < 1.29 is 9.13 Å². The molecule has 3 aromatic carbocycles. The number of hydrogen-bond donors (Lipinski definition) is 1. The first-order valence-electron chi connectivity index (χ1n) is 7.72. The van der Waals surface area contributed by atoms with Crippen molar-refractivity contribution >= 4 is 10.9 Å². The highest BCUT2D eigenvalue weighted by atomic mass is 19.1. The summed E-state index contributed by atoms with van der Waals surface area (Å²) >= 11 is 0. The van der Waals surface area contributed by atoms with Crippen LogP contribution < -0.4 is 10.3 Å². The van der Waals surface area contributed by atoms with Gasteiger partial charge in [0.1, 0.15) is 23.1 Å². The van der Waals surface area contributed by atoms with Crippen LogP contribution in [0.4, 0.5) is 4.39 Å². The first-order chi connectivity index (χ1) is 12.2. The molecule has 0 aliphatic rings. The molecule has 1 aromatic heterocycles. The molecule has 1 heterocycles. The van der Waals surface area contributed by atoms with Crippen molar-refractivity contribution in [1.82, 2.24) is 9.97 Å². The largest absolute Gasteiger partial charge is 0.457 e. The fraction of sp³-hybridized carbons (Fsp3) is 0. The molecule has 0 amide bonds. The average molecular weight is 332 g/mol. The summed E-state index contributed by atoms with van der Waals surface area (Å²) in [5, 5.41) is 0.531. The summed E-state index contributed by atoms with van der Waals surface area (Å²) in [5.74, 6) is 1.10. The van der Waals surface area contributed by atoms with Crippen molar-refractivity contribution in [2.45, 2.75) is 0 Å². The van der Waals surface area contributed by atoms with Crippen molar-refractivity contribution in [3.05, 3.63) is 89.0 Å². The maximum Gasteiger partial charge on any atom is 0.259 e. The van der Waals surface area contributed by atoms with Gasteiger partial charge in [0.05, 0.1) is 16.5 Å². The molecule has 122 valence electrons. The van der Waals surface area contributed by atoms with Gasteiger partial charge >= 0.3 is 0 Å². The molecule has 0 radical (unpaired) electrons. The molecule has 0 unspecified atom stereocenters. The number of hydrogen-bond acceptors (Lipinski definition) is 3. The Labute approximate surface area is 142 Å². The highest BCUT2D eigenvalue weighted by molar-refractivity contribution is 5.80. The summed E-state index contributed by atoms with van der Waals surface area (Å²) in [6, 6.07) is 20.1. The lowest BCUT2D eigenvalue weighted by Gasteiger charge is -2.11. The van der Waals surface area contributed by atoms with Crippen LogP contribution in [0.2, 0.25) is 0 Å². The number of aromatic amines is 1. The summed E-state index contributed by atoms with van der Waals surface area (Å²) in [7, 11) is 0. The minimum atomic E-state index is -0.332. The number of fused-ring (bicyclic) bond motifs is 1. The lowest BCUT2D eigenvalue weighted by atomic mass is 10.1. The molecule has 0 bridgehead atoms. The van der Waals surface area contributed by atoms with Crippen LogP contribution in [0.25, 0.3) is 22.3 Å². The Morgan fingerprint density at radius 2 is 1.60 bits per heavy atom. The lowest BCUT2D eigenvalue weighted by molar-refractivity contribution is 0.482. The Balaban J connectivity index is 1.81. The molecule has 0 saturated heterocycles. The van der Waals surface area contributed by atoms with E-state index in [0.29, 0.717) is 33.8 Å². The predicted octanol–water partition coefficient (Wildman–Crippen LogP) is 4.52. The van der Waals surface area contributed by atoms with Crippen LogP contribution in [-0.4, -0.2) is 9.97 Å². The Morgan fingerprint density at radius 3 is 2.44 bits per heavy atom. The van der Waals surface area contributed by atoms with Gasteiger partial charge in [0.2, 0.25) is 0 Å². The SMILES string of the molecule is O=c1[nH]c(-c2ccccc2Oc2ccc(F)cc2)nc2ccccc12. The van der Waals surface area contributed by atoms with E-state index < -0.39 is 0 Å². The van der Waals surface area contributed by atoms with E-state index >= 15 is 0 Å². The first-order valence-corrected chi connectivity index (χ1v) is 7.72. The second-order valence-electron chi connectivity index (χ2n) is 5.48. The zero-order valence-corrected chi connectivity index (χ0v) is 13.1. The number of nitrogens with one attached hydrogen (secondary N) is 1. The minimum Gasteiger partial charge on any atom is -0.457 e. The molecular weight excluding hydrogens is 319 g/mol. The standard InChI is InChI=1S/C20H13FN2O2/c21-13-9-11-14(12-10-13)25-18-8-4-2-6-16(18)19-22-17-7-3-1-5-15(17)20(24)23-19/h1-12H,(H,22,23,24). The van der Waals surface area contributed by atoms with Gasteiger partial charge in [-0.15, -0.1) is 0 Å². The molecule has 4 aromatic rings. The highest BCUT2D eigenvalue weighted by Crippen LogP contribution is 2.31. The van der Waals surface area contributed by atoms with Gasteiger partial charge in [-0.05, 0) is 48.5 Å². The van der Waals surface area contributed by atoms with Gasteiger partial charge in [0.25, 0.3) is 5.56 Å². The quantitative estimate of drug-likeness (QED) is 0.600. The normalized spacial score (nSPS) is 10.8. The van der Waals surface area contributed by atoms with E-state index in [4.69, 9.17) is 4.74 Å². The van der Waals surface area contributed by atoms with E-state index in [0.717, 1.165) is 0 Å². The second kappa shape index (κ2) is 6.20. The summed E-state index contributed by atoms with van der Waals surface area (Å²) in [6.07, 6.45) is 0. The van der Waals surface area contributed by atoms with Crippen LogP contribution in [0.15, 0.2) is 77.6 Å². The van der Waals surface area contributed by atoms with Gasteiger partial charge < -0.3 is 9.72 Å². The summed E-state index contributed by atoms with van der Waals surface area (Å²) < 4.78 is 18.9. The van der Waals surface area contributed by atoms with E-state index in [2.05, 4.69) is 9.97 Å². The Bertz CT molecular complexity index is 1100. The van der Waals surface area contributed by atoms with Crippen molar-refractivity contribution in [2.75, 3.05) is 0 Å². The third kappa shape index (κ3) is 2.99. The third-order valence-electron chi connectivity index (χ3n) is 3.80. The Morgan fingerprint density at radius 1 is 0.880 bits per heavy atom. The second-order valence-corrected chi connectivity index (χ2v) is 5.48. The number of halogens is 1. The van der Waals surface area contributed by atoms with E-state index in [9.17, 15) is 9.18 Å². The number of benzene rings is 3. The molecule has 0 aliphatic carbocycles. The Hall–Kier alpha value is -3.47. The monoisotopic (exact) mass is 332 g/mol. The lowest BCUT2D eigenvalue weighted by Crippen LogP contribution is -2.09. The predicted molar refractivity (Wildman–Crippen MR) is 94.3 cm³/mol. The topological polar surface area (TPSA) is 55.0 Å². The van der Waals surface area contributed by atoms with Gasteiger partial charge in [0.15, 0.2) is 0 Å². The number of para-hydroxylation sites is 2. The van der Waals surface area contributed by atoms with Gasteiger partial charge in [-0.1, -0.05) is 24.3 Å². The summed E-state index contributed by atoms with van der Waals surface area (Å²) in [5.41, 5.74) is 1.05. The van der Waals surface area contributed by atoms with E-state index in [1.165, 1.54) is 12.1 Å². The number of H-pyrrole nitrogens is 1. The van der Waals surface area contributed by atoms with Crippen LogP contribution in [0.5, 0.6) is 11.5 Å². The van der Waals surface area contributed by atoms with E-state index in [1.807, 2.05) is 24.3 Å². The number of aromatic nitrogens is 2. The van der Waals surface area contributed by atoms with Gasteiger partial charge in [-0.2, -0.15) is 0 Å². The molecule has 0 spiro atoms. The van der Waals surface area contributed by atoms with Crippen LogP contribution in [0.1, 0.15) is 0 Å². The number of nitrogens with zero attached hydrogens (tertiary/aromatic N) is 1. The molecule has 4 nitrogen and oxygen atoms in total. The van der Waals surface area contributed by atoms with Gasteiger partial charge in [-0.25, -0.2) is 9.37 Å². The first kappa shape index (κ1) is 15.1. The zero-order chi connectivity index (χ0) is 17.2. The van der Waals surface area contributed by atoms with Gasteiger partial charge in [0, 0.05) is 0 Å². The molecule has 25 heavy (non-hydrogen) atoms. The van der Waals surface area contributed by atoms with Crippen LogP contribution >= 0.6 is 0 Å². The zero-order valence-electron chi connectivity index (χ0n) is 13.1. The average Bonchev–Trinajstić information content (AvgIpc) is 2.64. The van der Waals surface area contributed by atoms with Crippen molar-refractivity contribution in [3.63, 3.8) is 0 Å². The Kier molecular flexibility index (Phi) is 3.74. The third-order valence-corrected chi connectivity index (χ3v) is 3.80. The smallest absolute Gasteiger partial charge is 0.259 e. The molecule has 0 atom stereocenters. The van der Waals surface area contributed by atoms with Crippen molar-refractivity contribution in [3.8, 4) is 22.9 Å². The summed E-state index contributed by atoms with van der Waals surface area (Å²) in [4.78, 5) is 19.6. The molecule has 4 rings (SSSR count).